The van der Waals surface area contributed by atoms with E-state index in [0.29, 0.717) is 50.5 Å². The number of aliphatic hydroxyl groups excluding tert-OH is 1. The van der Waals surface area contributed by atoms with E-state index in [2.05, 4.69) is 14.9 Å². The van der Waals surface area contributed by atoms with Crippen molar-refractivity contribution in [3.8, 4) is 0 Å². The second-order valence-corrected chi connectivity index (χ2v) is 12.2. The molecule has 4 aromatic rings. The molecule has 3 aromatic heterocycles. The van der Waals surface area contributed by atoms with Crippen LogP contribution in [0.15, 0.2) is 44.9 Å². The van der Waals surface area contributed by atoms with Gasteiger partial charge in [0.1, 0.15) is 10.7 Å². The van der Waals surface area contributed by atoms with Gasteiger partial charge in [0.15, 0.2) is 5.82 Å². The standard InChI is InChI=1S/C26H28ClN7O3S2/c1-37-9-8-34-13-30-15-2-3-18(21(27)20(15)25(34)36)39-19-11-29-24(17(12-35)32-19)33-6-4-26(5-7-33)10-16-22(23(26)28)38-14-31-16/h2-3,11,13-14,23,35H,4-10,12,28H2,1H3/t23-/m1/s1. The number of halogens is 1. The third-order valence-electron chi connectivity index (χ3n) is 7.79. The third-order valence-corrected chi connectivity index (χ3v) is 10.2. The summed E-state index contributed by atoms with van der Waals surface area (Å²) >= 11 is 9.65. The van der Waals surface area contributed by atoms with Crippen LogP contribution in [-0.2, 0) is 24.3 Å². The van der Waals surface area contributed by atoms with Crippen molar-refractivity contribution in [3.63, 3.8) is 0 Å². The quantitative estimate of drug-likeness (QED) is 0.332. The second-order valence-electron chi connectivity index (χ2n) is 9.91. The Balaban J connectivity index is 1.21. The summed E-state index contributed by atoms with van der Waals surface area (Å²) in [6.45, 7) is 2.11. The maximum atomic E-state index is 13.0. The van der Waals surface area contributed by atoms with E-state index >= 15 is 0 Å². The summed E-state index contributed by atoms with van der Waals surface area (Å²) in [5, 5.41) is 11.4. The molecule has 0 bridgehead atoms. The number of rotatable bonds is 7. The molecule has 1 aliphatic heterocycles. The van der Waals surface area contributed by atoms with Crippen LogP contribution in [0.5, 0.6) is 0 Å². The molecule has 1 atom stereocenters. The lowest BCUT2D eigenvalue weighted by Crippen LogP contribution is -2.45. The number of benzene rings is 1. The van der Waals surface area contributed by atoms with Crippen molar-refractivity contribution in [1.29, 1.82) is 0 Å². The van der Waals surface area contributed by atoms with E-state index in [4.69, 9.17) is 32.0 Å². The Morgan fingerprint density at radius 2 is 2.10 bits per heavy atom. The van der Waals surface area contributed by atoms with Crippen LogP contribution in [-0.4, -0.2) is 56.4 Å². The summed E-state index contributed by atoms with van der Waals surface area (Å²) in [4.78, 5) is 35.4. The first-order valence-electron chi connectivity index (χ1n) is 12.7. The van der Waals surface area contributed by atoms with E-state index in [1.807, 2.05) is 11.6 Å². The van der Waals surface area contributed by atoms with Crippen molar-refractivity contribution in [2.24, 2.45) is 11.1 Å². The minimum atomic E-state index is -0.237. The number of thiazole rings is 1. The van der Waals surface area contributed by atoms with Crippen LogP contribution in [0.1, 0.15) is 35.1 Å². The molecule has 6 rings (SSSR count). The number of nitrogens with two attached hydrogens (primary N) is 1. The van der Waals surface area contributed by atoms with E-state index in [9.17, 15) is 9.90 Å². The number of piperidine rings is 1. The Morgan fingerprint density at radius 3 is 2.85 bits per heavy atom. The minimum Gasteiger partial charge on any atom is -0.390 e. The van der Waals surface area contributed by atoms with E-state index in [0.717, 1.165) is 38.0 Å². The zero-order valence-corrected chi connectivity index (χ0v) is 23.7. The Bertz CT molecular complexity index is 1590. The van der Waals surface area contributed by atoms with Gasteiger partial charge in [0, 0.05) is 36.0 Å². The summed E-state index contributed by atoms with van der Waals surface area (Å²) in [6, 6.07) is 3.61. The lowest BCUT2D eigenvalue weighted by molar-refractivity contribution is 0.186. The molecule has 1 saturated heterocycles. The van der Waals surface area contributed by atoms with Gasteiger partial charge in [-0.25, -0.2) is 19.9 Å². The van der Waals surface area contributed by atoms with E-state index in [1.165, 1.54) is 27.5 Å². The van der Waals surface area contributed by atoms with Crippen LogP contribution in [0.25, 0.3) is 10.9 Å². The minimum absolute atomic E-state index is 0.0234. The van der Waals surface area contributed by atoms with E-state index in [1.54, 1.807) is 30.7 Å². The number of ether oxygens (including phenoxy) is 1. The molecule has 13 heteroatoms. The molecule has 3 N–H and O–H groups in total. The number of hydrogen-bond donors (Lipinski definition) is 2. The summed E-state index contributed by atoms with van der Waals surface area (Å²) in [6.07, 6.45) is 5.98. The normalized spacial score (nSPS) is 18.3. The fourth-order valence-electron chi connectivity index (χ4n) is 5.59. The molecular formula is C26H28ClN7O3S2. The fraction of sp³-hybridized carbons (Fsp3) is 0.423. The van der Waals surface area contributed by atoms with Gasteiger partial charge >= 0.3 is 0 Å². The van der Waals surface area contributed by atoms with Gasteiger partial charge < -0.3 is 20.5 Å². The number of anilines is 1. The largest absolute Gasteiger partial charge is 0.390 e. The number of aromatic nitrogens is 5. The number of hydrogen-bond acceptors (Lipinski definition) is 11. The molecule has 0 saturated carbocycles. The Hall–Kier alpha value is -2.61. The number of methoxy groups -OCH3 is 1. The molecular weight excluding hydrogens is 558 g/mol. The van der Waals surface area contributed by atoms with Gasteiger partial charge in [0.25, 0.3) is 5.56 Å². The Morgan fingerprint density at radius 1 is 1.28 bits per heavy atom. The first-order valence-corrected chi connectivity index (χ1v) is 14.8. The van der Waals surface area contributed by atoms with Crippen LogP contribution < -0.4 is 16.2 Å². The highest BCUT2D eigenvalue weighted by molar-refractivity contribution is 7.99. The lowest BCUT2D eigenvalue weighted by Gasteiger charge is -2.42. The third kappa shape index (κ3) is 4.72. The number of aliphatic hydroxyl groups is 1. The van der Waals surface area contributed by atoms with Gasteiger partial charge in [-0.15, -0.1) is 11.3 Å². The zero-order chi connectivity index (χ0) is 27.1. The summed E-state index contributed by atoms with van der Waals surface area (Å²) in [5.74, 6) is 0.686. The molecule has 10 nitrogen and oxygen atoms in total. The molecule has 2 aliphatic rings. The molecule has 4 heterocycles. The molecule has 0 unspecified atom stereocenters. The van der Waals surface area contributed by atoms with Gasteiger partial charge in [0.2, 0.25) is 0 Å². The molecule has 204 valence electrons. The van der Waals surface area contributed by atoms with Gasteiger partial charge in [-0.2, -0.15) is 0 Å². The Kier molecular flexibility index (Phi) is 7.34. The first kappa shape index (κ1) is 26.6. The predicted molar refractivity (Wildman–Crippen MR) is 152 cm³/mol. The maximum absolute atomic E-state index is 13.0. The second kappa shape index (κ2) is 10.8. The number of nitrogens with zero attached hydrogens (tertiary/aromatic N) is 6. The Labute approximate surface area is 238 Å². The molecule has 0 radical (unpaired) electrons. The van der Waals surface area contributed by atoms with Crippen molar-refractivity contribution in [3.05, 3.63) is 61.8 Å². The lowest BCUT2D eigenvalue weighted by atomic mass is 9.74. The molecule has 1 fully saturated rings. The predicted octanol–water partition coefficient (Wildman–Crippen LogP) is 3.43. The van der Waals surface area contributed by atoms with E-state index < -0.39 is 0 Å². The smallest absolute Gasteiger partial charge is 0.262 e. The SMILES string of the molecule is COCCn1cnc2ccc(Sc3cnc(N4CCC5(CC4)Cc4ncsc4[C@H]5N)c(CO)n3)c(Cl)c2c1=O. The van der Waals surface area contributed by atoms with Crippen molar-refractivity contribution in [2.75, 3.05) is 31.7 Å². The average Bonchev–Trinajstić information content (AvgIpc) is 3.50. The highest BCUT2D eigenvalue weighted by atomic mass is 35.5. The van der Waals surface area contributed by atoms with Crippen LogP contribution in [0.2, 0.25) is 5.02 Å². The van der Waals surface area contributed by atoms with E-state index in [-0.39, 0.29) is 23.6 Å². The van der Waals surface area contributed by atoms with Gasteiger partial charge in [-0.3, -0.25) is 9.36 Å². The van der Waals surface area contributed by atoms with Crippen molar-refractivity contribution in [2.45, 2.75) is 48.4 Å². The summed E-state index contributed by atoms with van der Waals surface area (Å²) in [5.41, 5.74) is 10.5. The van der Waals surface area contributed by atoms with Crippen molar-refractivity contribution < 1.29 is 9.84 Å². The number of fused-ring (bicyclic) bond motifs is 2. The molecule has 1 aromatic carbocycles. The van der Waals surface area contributed by atoms with Crippen molar-refractivity contribution in [1.82, 2.24) is 24.5 Å². The van der Waals surface area contributed by atoms with Crippen LogP contribution in [0.4, 0.5) is 5.82 Å². The maximum Gasteiger partial charge on any atom is 0.262 e. The summed E-state index contributed by atoms with van der Waals surface area (Å²) < 4.78 is 6.58. The highest BCUT2D eigenvalue weighted by Gasteiger charge is 2.47. The topological polar surface area (TPSA) is 132 Å². The first-order chi connectivity index (χ1) is 18.9. The van der Waals surface area contributed by atoms with Crippen LogP contribution in [0, 0.1) is 5.41 Å². The zero-order valence-electron chi connectivity index (χ0n) is 21.3. The van der Waals surface area contributed by atoms with Gasteiger partial charge in [-0.1, -0.05) is 23.4 Å². The average molecular weight is 586 g/mol. The molecule has 39 heavy (non-hydrogen) atoms. The molecule has 1 aliphatic carbocycles. The fourth-order valence-corrected chi connectivity index (χ4v) is 7.71. The van der Waals surface area contributed by atoms with Crippen molar-refractivity contribution >= 4 is 51.4 Å². The monoisotopic (exact) mass is 585 g/mol. The highest BCUT2D eigenvalue weighted by Crippen LogP contribution is 2.52. The van der Waals surface area contributed by atoms with Gasteiger partial charge in [0.05, 0.1) is 59.4 Å². The summed E-state index contributed by atoms with van der Waals surface area (Å²) in [7, 11) is 1.58. The molecule has 1 spiro atoms. The van der Waals surface area contributed by atoms with Crippen LogP contribution >= 0.6 is 34.7 Å². The molecule has 0 amide bonds. The van der Waals surface area contributed by atoms with Crippen LogP contribution in [0.3, 0.4) is 0 Å². The van der Waals surface area contributed by atoms with Gasteiger partial charge in [-0.05, 0) is 36.8 Å².